The molecule has 0 amide bonds. The maximum Gasteiger partial charge on any atom is 0.141 e. The molecule has 2 aliphatic rings. The van der Waals surface area contributed by atoms with Crippen LogP contribution in [0.3, 0.4) is 0 Å². The van der Waals surface area contributed by atoms with Crippen molar-refractivity contribution in [2.45, 2.75) is 58.5 Å². The summed E-state index contributed by atoms with van der Waals surface area (Å²) in [6.07, 6.45) is 5.00. The summed E-state index contributed by atoms with van der Waals surface area (Å²) < 4.78 is 0. The average Bonchev–Trinajstić information content (AvgIpc) is 2.32. The summed E-state index contributed by atoms with van der Waals surface area (Å²) in [5.41, 5.74) is -0.124. The Kier molecular flexibility index (Phi) is 2.22. The van der Waals surface area contributed by atoms with Crippen molar-refractivity contribution >= 4 is 5.78 Å². The largest absolute Gasteiger partial charge is 0.392 e. The Morgan fingerprint density at radius 3 is 2.57 bits per heavy atom. The Morgan fingerprint density at radius 2 is 2.07 bits per heavy atom. The van der Waals surface area contributed by atoms with E-state index in [9.17, 15) is 9.90 Å². The van der Waals surface area contributed by atoms with Crippen LogP contribution in [0.2, 0.25) is 0 Å². The van der Waals surface area contributed by atoms with Crippen LogP contribution in [0.5, 0.6) is 0 Å². The lowest BCUT2D eigenvalue weighted by molar-refractivity contribution is -0.134. The first-order chi connectivity index (χ1) is 6.46. The van der Waals surface area contributed by atoms with E-state index in [-0.39, 0.29) is 16.9 Å². The standard InChI is InChI=1S/C12H20O2/c1-11(2)6-3-7-12(8-11)9(13)4-5-10(12)14/h9,13H,3-8H2,1-2H3. The Morgan fingerprint density at radius 1 is 1.36 bits per heavy atom. The first-order valence-electron chi connectivity index (χ1n) is 5.68. The van der Waals surface area contributed by atoms with Gasteiger partial charge in [-0.25, -0.2) is 0 Å². The van der Waals surface area contributed by atoms with Gasteiger partial charge >= 0.3 is 0 Å². The van der Waals surface area contributed by atoms with Crippen LogP contribution < -0.4 is 0 Å². The number of rotatable bonds is 0. The lowest BCUT2D eigenvalue weighted by Gasteiger charge is -2.43. The minimum atomic E-state index is -0.366. The maximum atomic E-state index is 11.9. The maximum absolute atomic E-state index is 11.9. The van der Waals surface area contributed by atoms with Crippen LogP contribution in [-0.4, -0.2) is 17.0 Å². The zero-order chi connectivity index (χ0) is 10.4. The van der Waals surface area contributed by atoms with E-state index < -0.39 is 0 Å². The smallest absolute Gasteiger partial charge is 0.141 e. The van der Waals surface area contributed by atoms with Crippen molar-refractivity contribution < 1.29 is 9.90 Å². The van der Waals surface area contributed by atoms with Crippen LogP contribution in [0.25, 0.3) is 0 Å². The number of hydrogen-bond acceptors (Lipinski definition) is 2. The minimum absolute atomic E-state index is 0.235. The van der Waals surface area contributed by atoms with Crippen molar-refractivity contribution in [1.29, 1.82) is 0 Å². The van der Waals surface area contributed by atoms with E-state index in [1.54, 1.807) is 0 Å². The number of ketones is 1. The van der Waals surface area contributed by atoms with Crippen LogP contribution in [0.1, 0.15) is 52.4 Å². The molecule has 2 fully saturated rings. The fourth-order valence-corrected chi connectivity index (χ4v) is 3.41. The molecule has 2 rings (SSSR count). The lowest BCUT2D eigenvalue weighted by Crippen LogP contribution is -2.43. The molecule has 0 bridgehead atoms. The highest BCUT2D eigenvalue weighted by Gasteiger charge is 2.52. The van der Waals surface area contributed by atoms with Gasteiger partial charge in [-0.05, 0) is 31.1 Å². The number of carbonyl (C=O) groups excluding carboxylic acids is 1. The zero-order valence-electron chi connectivity index (χ0n) is 9.18. The minimum Gasteiger partial charge on any atom is -0.392 e. The van der Waals surface area contributed by atoms with Gasteiger partial charge in [-0.1, -0.05) is 20.3 Å². The number of aliphatic hydroxyl groups is 1. The second kappa shape index (κ2) is 3.06. The molecule has 14 heavy (non-hydrogen) atoms. The van der Waals surface area contributed by atoms with E-state index in [1.165, 1.54) is 6.42 Å². The average molecular weight is 196 g/mol. The van der Waals surface area contributed by atoms with Crippen LogP contribution in [-0.2, 0) is 4.79 Å². The molecule has 1 N–H and O–H groups in total. The van der Waals surface area contributed by atoms with Crippen LogP contribution in [0, 0.1) is 10.8 Å². The quantitative estimate of drug-likeness (QED) is 0.645. The van der Waals surface area contributed by atoms with Gasteiger partial charge in [-0.2, -0.15) is 0 Å². The SMILES string of the molecule is CC1(C)CCCC2(C1)C(=O)CCC2O. The molecule has 2 saturated carbocycles. The third-order valence-electron chi connectivity index (χ3n) is 4.11. The van der Waals surface area contributed by atoms with Crippen molar-refractivity contribution in [3.63, 3.8) is 0 Å². The molecule has 80 valence electrons. The molecule has 0 radical (unpaired) electrons. The third-order valence-corrected chi connectivity index (χ3v) is 4.11. The molecular weight excluding hydrogens is 176 g/mol. The van der Waals surface area contributed by atoms with Gasteiger partial charge in [0.15, 0.2) is 0 Å². The van der Waals surface area contributed by atoms with Crippen LogP contribution >= 0.6 is 0 Å². The van der Waals surface area contributed by atoms with E-state index in [4.69, 9.17) is 0 Å². The molecule has 0 aromatic carbocycles. The van der Waals surface area contributed by atoms with Gasteiger partial charge < -0.3 is 5.11 Å². The summed E-state index contributed by atoms with van der Waals surface area (Å²) in [6, 6.07) is 0. The molecule has 0 aromatic heterocycles. The molecule has 2 aliphatic carbocycles. The Balaban J connectivity index is 2.26. The number of aliphatic hydroxyl groups excluding tert-OH is 1. The predicted octanol–water partition coefficient (Wildman–Crippen LogP) is 2.30. The van der Waals surface area contributed by atoms with E-state index in [2.05, 4.69) is 13.8 Å². The predicted molar refractivity (Wildman–Crippen MR) is 54.9 cm³/mol. The van der Waals surface area contributed by atoms with Crippen molar-refractivity contribution in [2.75, 3.05) is 0 Å². The topological polar surface area (TPSA) is 37.3 Å². The highest BCUT2D eigenvalue weighted by molar-refractivity contribution is 5.87. The highest BCUT2D eigenvalue weighted by atomic mass is 16.3. The normalized spacial score (nSPS) is 41.9. The highest BCUT2D eigenvalue weighted by Crippen LogP contribution is 2.52. The molecule has 2 heteroatoms. The van der Waals surface area contributed by atoms with Crippen molar-refractivity contribution in [1.82, 2.24) is 0 Å². The van der Waals surface area contributed by atoms with Crippen molar-refractivity contribution in [3.8, 4) is 0 Å². The number of hydrogen-bond donors (Lipinski definition) is 1. The summed E-state index contributed by atoms with van der Waals surface area (Å²) in [6.45, 7) is 4.43. The van der Waals surface area contributed by atoms with Crippen LogP contribution in [0.4, 0.5) is 0 Å². The van der Waals surface area contributed by atoms with E-state index >= 15 is 0 Å². The Bertz CT molecular complexity index is 257. The Hall–Kier alpha value is -0.370. The van der Waals surface area contributed by atoms with Gasteiger partial charge in [0.1, 0.15) is 5.78 Å². The van der Waals surface area contributed by atoms with Gasteiger partial charge in [0, 0.05) is 6.42 Å². The zero-order valence-corrected chi connectivity index (χ0v) is 9.18. The molecule has 2 unspecified atom stereocenters. The molecule has 0 aromatic rings. The Labute approximate surface area is 85.7 Å². The van der Waals surface area contributed by atoms with E-state index in [0.29, 0.717) is 18.6 Å². The summed E-state index contributed by atoms with van der Waals surface area (Å²) in [5, 5.41) is 9.99. The van der Waals surface area contributed by atoms with Crippen molar-refractivity contribution in [3.05, 3.63) is 0 Å². The molecule has 1 spiro atoms. The number of carbonyl (C=O) groups is 1. The molecule has 0 aliphatic heterocycles. The molecule has 0 saturated heterocycles. The summed E-state index contributed by atoms with van der Waals surface area (Å²) in [4.78, 5) is 11.9. The fourth-order valence-electron chi connectivity index (χ4n) is 3.41. The third kappa shape index (κ3) is 1.40. The number of Topliss-reactive ketones (excluding diaryl/α,β-unsaturated/α-hetero) is 1. The van der Waals surface area contributed by atoms with Gasteiger partial charge in [0.25, 0.3) is 0 Å². The fraction of sp³-hybridized carbons (Fsp3) is 0.917. The first-order valence-corrected chi connectivity index (χ1v) is 5.68. The van der Waals surface area contributed by atoms with Crippen molar-refractivity contribution in [2.24, 2.45) is 10.8 Å². The second-order valence-corrected chi connectivity index (χ2v) is 5.83. The summed E-state index contributed by atoms with van der Waals surface area (Å²) in [5.74, 6) is 0.317. The summed E-state index contributed by atoms with van der Waals surface area (Å²) in [7, 11) is 0. The van der Waals surface area contributed by atoms with E-state index in [0.717, 1.165) is 19.3 Å². The van der Waals surface area contributed by atoms with E-state index in [1.807, 2.05) is 0 Å². The second-order valence-electron chi connectivity index (χ2n) is 5.83. The first kappa shape index (κ1) is 10.2. The molecule has 2 atom stereocenters. The van der Waals surface area contributed by atoms with Gasteiger partial charge in [0.05, 0.1) is 11.5 Å². The van der Waals surface area contributed by atoms with Gasteiger partial charge in [-0.15, -0.1) is 0 Å². The molecule has 2 nitrogen and oxygen atoms in total. The van der Waals surface area contributed by atoms with Crippen LogP contribution in [0.15, 0.2) is 0 Å². The summed E-state index contributed by atoms with van der Waals surface area (Å²) >= 11 is 0. The lowest BCUT2D eigenvalue weighted by atomic mass is 9.61. The van der Waals surface area contributed by atoms with Gasteiger partial charge in [0.2, 0.25) is 0 Å². The monoisotopic (exact) mass is 196 g/mol. The molecular formula is C12H20O2. The van der Waals surface area contributed by atoms with Gasteiger partial charge in [-0.3, -0.25) is 4.79 Å². The molecule has 0 heterocycles.